The predicted molar refractivity (Wildman–Crippen MR) is 126 cm³/mol. The number of fused-ring (bicyclic) bond motifs is 5. The lowest BCUT2D eigenvalue weighted by Gasteiger charge is -2.25. The van der Waals surface area contributed by atoms with Crippen molar-refractivity contribution in [2.24, 2.45) is 0 Å². The van der Waals surface area contributed by atoms with Crippen molar-refractivity contribution in [3.63, 3.8) is 0 Å². The van der Waals surface area contributed by atoms with Gasteiger partial charge in [-0.05, 0) is 65.4 Å². The van der Waals surface area contributed by atoms with E-state index in [0.717, 1.165) is 39.0 Å². The van der Waals surface area contributed by atoms with E-state index in [-0.39, 0.29) is 5.82 Å². The normalized spacial score (nSPS) is 11.4. The van der Waals surface area contributed by atoms with Gasteiger partial charge in [0.1, 0.15) is 17.0 Å². The topological polar surface area (TPSA) is 16.4 Å². The first kappa shape index (κ1) is 17.7. The minimum absolute atomic E-state index is 0.253. The van der Waals surface area contributed by atoms with Gasteiger partial charge < -0.3 is 9.32 Å². The van der Waals surface area contributed by atoms with Crippen molar-refractivity contribution >= 4 is 49.8 Å². The molecule has 1 heterocycles. The van der Waals surface area contributed by atoms with E-state index in [0.29, 0.717) is 0 Å². The van der Waals surface area contributed by atoms with Crippen LogP contribution in [0.15, 0.2) is 114 Å². The Morgan fingerprint density at radius 1 is 0.548 bits per heavy atom. The number of hydrogen-bond donors (Lipinski definition) is 0. The first-order valence-corrected chi connectivity index (χ1v) is 10.2. The summed E-state index contributed by atoms with van der Waals surface area (Å²) in [7, 11) is 0. The van der Waals surface area contributed by atoms with Crippen molar-refractivity contribution in [1.82, 2.24) is 0 Å². The molecule has 6 aromatic rings. The predicted octanol–water partition coefficient (Wildman–Crippen LogP) is 8.35. The Hall–Kier alpha value is -4.11. The summed E-state index contributed by atoms with van der Waals surface area (Å²) in [4.78, 5) is 2.10. The largest absolute Gasteiger partial charge is 0.456 e. The summed E-state index contributed by atoms with van der Waals surface area (Å²) in [6.07, 6.45) is 0. The van der Waals surface area contributed by atoms with E-state index in [2.05, 4.69) is 53.4 Å². The van der Waals surface area contributed by atoms with Crippen LogP contribution in [0, 0.1) is 5.82 Å². The number of anilines is 3. The van der Waals surface area contributed by atoms with E-state index < -0.39 is 0 Å². The molecule has 148 valence electrons. The molecule has 0 amide bonds. The monoisotopic (exact) mass is 403 g/mol. The molecule has 31 heavy (non-hydrogen) atoms. The Balaban J connectivity index is 1.58. The number of halogens is 1. The van der Waals surface area contributed by atoms with Crippen LogP contribution in [0.4, 0.5) is 21.5 Å². The Bertz CT molecular complexity index is 1530. The molecule has 0 radical (unpaired) electrons. The minimum Gasteiger partial charge on any atom is -0.456 e. The summed E-state index contributed by atoms with van der Waals surface area (Å²) < 4.78 is 19.8. The van der Waals surface area contributed by atoms with Crippen molar-refractivity contribution in [3.05, 3.63) is 115 Å². The molecule has 0 aliphatic heterocycles. The highest BCUT2D eigenvalue weighted by Crippen LogP contribution is 2.40. The van der Waals surface area contributed by atoms with Crippen LogP contribution < -0.4 is 4.90 Å². The van der Waals surface area contributed by atoms with Crippen LogP contribution in [-0.2, 0) is 0 Å². The fourth-order valence-corrected chi connectivity index (χ4v) is 4.29. The zero-order valence-electron chi connectivity index (χ0n) is 16.6. The van der Waals surface area contributed by atoms with Gasteiger partial charge in [-0.1, -0.05) is 48.5 Å². The number of para-hydroxylation sites is 1. The molecule has 0 N–H and O–H groups in total. The summed E-state index contributed by atoms with van der Waals surface area (Å²) in [5, 5.41) is 4.60. The van der Waals surface area contributed by atoms with Gasteiger partial charge in [0, 0.05) is 33.9 Å². The second-order valence-electron chi connectivity index (χ2n) is 7.59. The maximum Gasteiger partial charge on any atom is 0.137 e. The fraction of sp³-hybridized carbons (Fsp3) is 0. The lowest BCUT2D eigenvalue weighted by atomic mass is 10.0. The summed E-state index contributed by atoms with van der Waals surface area (Å²) in [6.45, 7) is 0. The third-order valence-corrected chi connectivity index (χ3v) is 5.70. The summed E-state index contributed by atoms with van der Waals surface area (Å²) in [5.74, 6) is -0.253. The van der Waals surface area contributed by atoms with Crippen LogP contribution in [0.3, 0.4) is 0 Å². The summed E-state index contributed by atoms with van der Waals surface area (Å²) in [6, 6.07) is 35.4. The van der Waals surface area contributed by atoms with Crippen molar-refractivity contribution in [2.75, 3.05) is 4.90 Å². The summed E-state index contributed by atoms with van der Waals surface area (Å²) >= 11 is 0. The van der Waals surface area contributed by atoms with Gasteiger partial charge in [0.25, 0.3) is 0 Å². The molecule has 0 saturated carbocycles. The Morgan fingerprint density at radius 3 is 2.10 bits per heavy atom. The minimum atomic E-state index is -0.253. The van der Waals surface area contributed by atoms with E-state index in [1.807, 2.05) is 36.4 Å². The van der Waals surface area contributed by atoms with Gasteiger partial charge >= 0.3 is 0 Å². The Labute approximate surface area is 178 Å². The molecule has 0 saturated heterocycles. The molecule has 3 heteroatoms. The summed E-state index contributed by atoms with van der Waals surface area (Å²) in [5.41, 5.74) is 4.53. The standard InChI is InChI=1S/C28H18FNO/c29-20-11-13-22(14-12-20)30(21-7-2-1-3-8-21)23-15-16-25-27(18-23)31-26-17-10-19-6-4-5-9-24(19)28(25)26/h1-18H. The average Bonchev–Trinajstić information content (AvgIpc) is 3.20. The molecule has 0 unspecified atom stereocenters. The second-order valence-corrected chi connectivity index (χ2v) is 7.59. The van der Waals surface area contributed by atoms with Gasteiger partial charge in [0.2, 0.25) is 0 Å². The number of rotatable bonds is 3. The number of nitrogens with zero attached hydrogens (tertiary/aromatic N) is 1. The van der Waals surface area contributed by atoms with E-state index in [4.69, 9.17) is 4.42 Å². The van der Waals surface area contributed by atoms with E-state index >= 15 is 0 Å². The molecule has 0 atom stereocenters. The average molecular weight is 403 g/mol. The first-order valence-electron chi connectivity index (χ1n) is 10.2. The highest BCUT2D eigenvalue weighted by Gasteiger charge is 2.16. The number of hydrogen-bond acceptors (Lipinski definition) is 2. The molecular weight excluding hydrogens is 385 g/mol. The van der Waals surface area contributed by atoms with Gasteiger partial charge in [0.05, 0.1) is 0 Å². The molecule has 0 aliphatic carbocycles. The zero-order valence-corrected chi connectivity index (χ0v) is 16.6. The lowest BCUT2D eigenvalue weighted by molar-refractivity contribution is 0.628. The van der Waals surface area contributed by atoms with Gasteiger partial charge in [-0.2, -0.15) is 0 Å². The van der Waals surface area contributed by atoms with Crippen molar-refractivity contribution in [2.45, 2.75) is 0 Å². The van der Waals surface area contributed by atoms with Gasteiger partial charge in [-0.15, -0.1) is 0 Å². The van der Waals surface area contributed by atoms with Crippen molar-refractivity contribution < 1.29 is 8.81 Å². The zero-order chi connectivity index (χ0) is 20.8. The highest BCUT2D eigenvalue weighted by molar-refractivity contribution is 6.19. The van der Waals surface area contributed by atoms with E-state index in [1.165, 1.54) is 22.9 Å². The maximum absolute atomic E-state index is 13.6. The highest BCUT2D eigenvalue weighted by atomic mass is 19.1. The van der Waals surface area contributed by atoms with Crippen molar-refractivity contribution in [3.8, 4) is 0 Å². The van der Waals surface area contributed by atoms with Crippen molar-refractivity contribution in [1.29, 1.82) is 0 Å². The number of furan rings is 1. The SMILES string of the molecule is Fc1ccc(N(c2ccccc2)c2ccc3c(c2)oc2ccc4ccccc4c23)cc1. The second kappa shape index (κ2) is 6.99. The fourth-order valence-electron chi connectivity index (χ4n) is 4.29. The van der Waals surface area contributed by atoms with Gasteiger partial charge in [-0.3, -0.25) is 0 Å². The maximum atomic E-state index is 13.6. The molecular formula is C28H18FNO. The van der Waals surface area contributed by atoms with Crippen LogP contribution in [0.2, 0.25) is 0 Å². The molecule has 2 nitrogen and oxygen atoms in total. The Morgan fingerprint density at radius 2 is 1.26 bits per heavy atom. The van der Waals surface area contributed by atoms with Crippen LogP contribution in [-0.4, -0.2) is 0 Å². The molecule has 0 bridgehead atoms. The molecule has 0 spiro atoms. The van der Waals surface area contributed by atoms with E-state index in [1.54, 1.807) is 12.1 Å². The lowest BCUT2D eigenvalue weighted by Crippen LogP contribution is -2.09. The van der Waals surface area contributed by atoms with Gasteiger partial charge in [-0.25, -0.2) is 4.39 Å². The Kier molecular flexibility index (Phi) is 4.00. The van der Waals surface area contributed by atoms with Crippen LogP contribution in [0.5, 0.6) is 0 Å². The smallest absolute Gasteiger partial charge is 0.137 e. The third kappa shape index (κ3) is 2.94. The van der Waals surface area contributed by atoms with Crippen LogP contribution >= 0.6 is 0 Å². The molecule has 5 aromatic carbocycles. The van der Waals surface area contributed by atoms with Gasteiger partial charge in [0.15, 0.2) is 0 Å². The number of benzene rings is 5. The van der Waals surface area contributed by atoms with Crippen LogP contribution in [0.25, 0.3) is 32.7 Å². The quantitative estimate of drug-likeness (QED) is 0.295. The third-order valence-electron chi connectivity index (χ3n) is 5.70. The molecule has 1 aromatic heterocycles. The first-order chi connectivity index (χ1) is 15.3. The van der Waals surface area contributed by atoms with Crippen LogP contribution in [0.1, 0.15) is 0 Å². The molecule has 0 fully saturated rings. The molecule has 6 rings (SSSR count). The van der Waals surface area contributed by atoms with E-state index in [9.17, 15) is 4.39 Å². The molecule has 0 aliphatic rings.